The first-order valence-corrected chi connectivity index (χ1v) is 5.47. The van der Waals surface area contributed by atoms with Gasteiger partial charge in [-0.2, -0.15) is 0 Å². The largest absolute Gasteiger partial charge is 0.372 e. The highest BCUT2D eigenvalue weighted by Crippen LogP contribution is 2.21. The Morgan fingerprint density at radius 2 is 2.06 bits per heavy atom. The quantitative estimate of drug-likeness (QED) is 0.841. The molecule has 92 valence electrons. The Morgan fingerprint density at radius 3 is 2.53 bits per heavy atom. The number of methoxy groups -OCH3 is 1. The van der Waals surface area contributed by atoms with E-state index < -0.39 is 6.10 Å². The van der Waals surface area contributed by atoms with Crippen LogP contribution < -0.4 is 5.32 Å². The second-order valence-corrected chi connectivity index (χ2v) is 4.03. The lowest BCUT2D eigenvalue weighted by Gasteiger charge is -2.11. The number of hydrogen-bond donors (Lipinski definition) is 1. The van der Waals surface area contributed by atoms with Crippen LogP contribution in [-0.4, -0.2) is 24.9 Å². The molecule has 1 rings (SSSR count). The van der Waals surface area contributed by atoms with E-state index in [1.807, 2.05) is 0 Å². The van der Waals surface area contributed by atoms with E-state index in [1.165, 1.54) is 14.0 Å². The lowest BCUT2D eigenvalue weighted by atomic mass is 10.1. The third-order valence-electron chi connectivity index (χ3n) is 2.34. The standard InChI is InChI=1S/C12H14ClNO3/c1-7(15)10-5-4-9(6-11(10)13)14-12(16)8(2)17-3/h4-6,8H,1-3H3,(H,14,16)/t8-/m0/s1. The van der Waals surface area contributed by atoms with E-state index in [4.69, 9.17) is 16.3 Å². The molecule has 0 aliphatic rings. The number of benzene rings is 1. The summed E-state index contributed by atoms with van der Waals surface area (Å²) in [4.78, 5) is 22.7. The highest BCUT2D eigenvalue weighted by molar-refractivity contribution is 6.34. The van der Waals surface area contributed by atoms with Crippen LogP contribution in [0.3, 0.4) is 0 Å². The Labute approximate surface area is 105 Å². The van der Waals surface area contributed by atoms with E-state index in [-0.39, 0.29) is 11.7 Å². The number of nitrogens with one attached hydrogen (secondary N) is 1. The fourth-order valence-corrected chi connectivity index (χ4v) is 1.54. The summed E-state index contributed by atoms with van der Waals surface area (Å²) in [7, 11) is 1.45. The van der Waals surface area contributed by atoms with Gasteiger partial charge in [0.05, 0.1) is 5.02 Å². The molecule has 0 aromatic heterocycles. The number of rotatable bonds is 4. The average molecular weight is 256 g/mol. The van der Waals surface area contributed by atoms with Crippen LogP contribution in [0.25, 0.3) is 0 Å². The van der Waals surface area contributed by atoms with E-state index in [1.54, 1.807) is 25.1 Å². The lowest BCUT2D eigenvalue weighted by Crippen LogP contribution is -2.26. The zero-order valence-electron chi connectivity index (χ0n) is 9.91. The Balaban J connectivity index is 2.84. The van der Waals surface area contributed by atoms with Gasteiger partial charge in [-0.3, -0.25) is 9.59 Å². The zero-order chi connectivity index (χ0) is 13.0. The smallest absolute Gasteiger partial charge is 0.253 e. The molecule has 0 fully saturated rings. The van der Waals surface area contributed by atoms with E-state index in [2.05, 4.69) is 5.32 Å². The predicted octanol–water partition coefficient (Wildman–Crippen LogP) is 2.52. The molecule has 0 aliphatic carbocycles. The van der Waals surface area contributed by atoms with Crippen molar-refractivity contribution in [3.8, 4) is 0 Å². The number of halogens is 1. The minimum absolute atomic E-state index is 0.113. The molecule has 0 spiro atoms. The minimum atomic E-state index is -0.541. The molecular formula is C12H14ClNO3. The number of ketones is 1. The van der Waals surface area contributed by atoms with Crippen molar-refractivity contribution < 1.29 is 14.3 Å². The summed E-state index contributed by atoms with van der Waals surface area (Å²) >= 11 is 5.92. The van der Waals surface area contributed by atoms with Gasteiger partial charge in [-0.1, -0.05) is 11.6 Å². The Morgan fingerprint density at radius 1 is 1.41 bits per heavy atom. The summed E-state index contributed by atoms with van der Waals surface area (Å²) in [5.41, 5.74) is 0.971. The van der Waals surface area contributed by atoms with Crippen molar-refractivity contribution in [2.45, 2.75) is 20.0 Å². The second kappa shape index (κ2) is 5.80. The number of carbonyl (C=O) groups is 2. The summed E-state index contributed by atoms with van der Waals surface area (Å²) in [6, 6.07) is 4.75. The molecule has 4 nitrogen and oxygen atoms in total. The molecule has 0 bridgehead atoms. The first-order chi connectivity index (χ1) is 7.95. The summed E-state index contributed by atoms with van der Waals surface area (Å²) in [5, 5.41) is 2.96. The van der Waals surface area contributed by atoms with Crippen molar-refractivity contribution in [1.82, 2.24) is 0 Å². The molecule has 0 aliphatic heterocycles. The Hall–Kier alpha value is -1.39. The molecular weight excluding hydrogens is 242 g/mol. The predicted molar refractivity (Wildman–Crippen MR) is 66.6 cm³/mol. The first kappa shape index (κ1) is 13.7. The summed E-state index contributed by atoms with van der Waals surface area (Å²) in [5.74, 6) is -0.378. The minimum Gasteiger partial charge on any atom is -0.372 e. The maximum Gasteiger partial charge on any atom is 0.253 e. The van der Waals surface area contributed by atoms with Gasteiger partial charge in [-0.25, -0.2) is 0 Å². The van der Waals surface area contributed by atoms with E-state index in [0.717, 1.165) is 0 Å². The molecule has 0 unspecified atom stereocenters. The van der Waals surface area contributed by atoms with Crippen molar-refractivity contribution in [2.24, 2.45) is 0 Å². The van der Waals surface area contributed by atoms with Gasteiger partial charge in [-0.15, -0.1) is 0 Å². The highest BCUT2D eigenvalue weighted by Gasteiger charge is 2.13. The van der Waals surface area contributed by atoms with Crippen molar-refractivity contribution in [1.29, 1.82) is 0 Å². The van der Waals surface area contributed by atoms with Crippen LogP contribution in [0.15, 0.2) is 18.2 Å². The maximum absolute atomic E-state index is 11.5. The molecule has 0 heterocycles. The molecule has 1 amide bonds. The van der Waals surface area contributed by atoms with E-state index in [0.29, 0.717) is 16.3 Å². The Bertz CT molecular complexity index is 445. The van der Waals surface area contributed by atoms with Crippen LogP contribution in [0.5, 0.6) is 0 Å². The van der Waals surface area contributed by atoms with Crippen molar-refractivity contribution in [3.05, 3.63) is 28.8 Å². The van der Waals surface area contributed by atoms with Gasteiger partial charge >= 0.3 is 0 Å². The molecule has 1 atom stereocenters. The van der Waals surface area contributed by atoms with Crippen LogP contribution in [0, 0.1) is 0 Å². The van der Waals surface area contributed by atoms with Crippen LogP contribution in [0.4, 0.5) is 5.69 Å². The fraction of sp³-hybridized carbons (Fsp3) is 0.333. The van der Waals surface area contributed by atoms with Crippen molar-refractivity contribution >= 4 is 29.0 Å². The second-order valence-electron chi connectivity index (χ2n) is 3.62. The summed E-state index contributed by atoms with van der Waals surface area (Å²) in [6.45, 7) is 3.08. The molecule has 1 N–H and O–H groups in total. The normalized spacial score (nSPS) is 12.0. The lowest BCUT2D eigenvalue weighted by molar-refractivity contribution is -0.124. The summed E-state index contributed by atoms with van der Waals surface area (Å²) in [6.07, 6.45) is -0.541. The molecule has 1 aromatic carbocycles. The number of carbonyl (C=O) groups excluding carboxylic acids is 2. The van der Waals surface area contributed by atoms with Gasteiger partial charge in [0.2, 0.25) is 0 Å². The third-order valence-corrected chi connectivity index (χ3v) is 2.65. The molecule has 0 radical (unpaired) electrons. The molecule has 0 saturated heterocycles. The van der Waals surface area contributed by atoms with Gasteiger partial charge in [-0.05, 0) is 32.0 Å². The van der Waals surface area contributed by atoms with Gasteiger partial charge in [0, 0.05) is 18.4 Å². The van der Waals surface area contributed by atoms with Gasteiger partial charge in [0.25, 0.3) is 5.91 Å². The molecule has 17 heavy (non-hydrogen) atoms. The number of anilines is 1. The number of amides is 1. The van der Waals surface area contributed by atoms with E-state index in [9.17, 15) is 9.59 Å². The topological polar surface area (TPSA) is 55.4 Å². The number of Topliss-reactive ketones (excluding diaryl/α,β-unsaturated/α-hetero) is 1. The van der Waals surface area contributed by atoms with Crippen molar-refractivity contribution in [2.75, 3.05) is 12.4 Å². The third kappa shape index (κ3) is 3.54. The molecule has 5 heteroatoms. The van der Waals surface area contributed by atoms with Gasteiger partial charge < -0.3 is 10.1 Å². The van der Waals surface area contributed by atoms with Crippen LogP contribution in [0.2, 0.25) is 5.02 Å². The zero-order valence-corrected chi connectivity index (χ0v) is 10.7. The highest BCUT2D eigenvalue weighted by atomic mass is 35.5. The van der Waals surface area contributed by atoms with E-state index >= 15 is 0 Å². The SMILES string of the molecule is CO[C@@H](C)C(=O)Nc1ccc(C(C)=O)c(Cl)c1. The monoisotopic (exact) mass is 255 g/mol. The Kier molecular flexibility index (Phi) is 4.66. The van der Waals surface area contributed by atoms with Crippen LogP contribution in [-0.2, 0) is 9.53 Å². The summed E-state index contributed by atoms with van der Waals surface area (Å²) < 4.78 is 4.88. The molecule has 0 saturated carbocycles. The first-order valence-electron chi connectivity index (χ1n) is 5.10. The van der Waals surface area contributed by atoms with Gasteiger partial charge in [0.15, 0.2) is 5.78 Å². The molecule has 1 aromatic rings. The van der Waals surface area contributed by atoms with Crippen LogP contribution in [0.1, 0.15) is 24.2 Å². The number of ether oxygens (including phenoxy) is 1. The maximum atomic E-state index is 11.5. The van der Waals surface area contributed by atoms with Crippen molar-refractivity contribution in [3.63, 3.8) is 0 Å². The van der Waals surface area contributed by atoms with Crippen LogP contribution >= 0.6 is 11.6 Å². The van der Waals surface area contributed by atoms with Gasteiger partial charge in [0.1, 0.15) is 6.10 Å². The average Bonchev–Trinajstić information content (AvgIpc) is 2.27. The number of hydrogen-bond acceptors (Lipinski definition) is 3. The fourth-order valence-electron chi connectivity index (χ4n) is 1.23.